The van der Waals surface area contributed by atoms with E-state index < -0.39 is 11.8 Å². The van der Waals surface area contributed by atoms with Crippen molar-refractivity contribution in [2.24, 2.45) is 5.10 Å². The van der Waals surface area contributed by atoms with Crippen molar-refractivity contribution >= 4 is 41.4 Å². The fourth-order valence-corrected chi connectivity index (χ4v) is 3.25. The average Bonchev–Trinajstić information content (AvgIpc) is 2.85. The van der Waals surface area contributed by atoms with Gasteiger partial charge in [-0.1, -0.05) is 35.9 Å². The van der Waals surface area contributed by atoms with Crippen molar-refractivity contribution in [2.45, 2.75) is 0 Å². The van der Waals surface area contributed by atoms with E-state index in [4.69, 9.17) is 16.3 Å². The highest BCUT2D eigenvalue weighted by Crippen LogP contribution is 2.25. The van der Waals surface area contributed by atoms with Crippen molar-refractivity contribution in [3.8, 4) is 11.5 Å². The Bertz CT molecular complexity index is 1270. The van der Waals surface area contributed by atoms with Crippen molar-refractivity contribution < 1.29 is 19.4 Å². The van der Waals surface area contributed by atoms with Crippen molar-refractivity contribution in [3.05, 3.63) is 94.1 Å². The van der Waals surface area contributed by atoms with E-state index in [1.807, 2.05) is 43.3 Å². The highest BCUT2D eigenvalue weighted by molar-refractivity contribution is 6.34. The van der Waals surface area contributed by atoms with Crippen LogP contribution in [0, 0.1) is 0 Å². The van der Waals surface area contributed by atoms with E-state index in [9.17, 15) is 14.7 Å². The average molecular weight is 493 g/mol. The van der Waals surface area contributed by atoms with Gasteiger partial charge in [-0.05, 0) is 59.7 Å². The van der Waals surface area contributed by atoms with E-state index in [1.165, 1.54) is 19.4 Å². The number of benzene rings is 3. The summed E-state index contributed by atoms with van der Waals surface area (Å²) in [6, 6.07) is 18.6. The molecule has 0 fully saturated rings. The minimum absolute atomic E-state index is 0.0125. The predicted octanol–water partition coefficient (Wildman–Crippen LogP) is 4.04. The van der Waals surface area contributed by atoms with Crippen LogP contribution >= 0.6 is 11.6 Å². The molecule has 2 amide bonds. The van der Waals surface area contributed by atoms with Crippen LogP contribution in [-0.4, -0.2) is 44.3 Å². The van der Waals surface area contributed by atoms with Crippen LogP contribution in [0.5, 0.6) is 11.5 Å². The van der Waals surface area contributed by atoms with Gasteiger partial charge in [-0.2, -0.15) is 5.10 Å². The number of rotatable bonds is 8. The number of carbonyl (C=O) groups is 2. The van der Waals surface area contributed by atoms with Crippen molar-refractivity contribution in [3.63, 3.8) is 0 Å². The number of carbonyl (C=O) groups excluding carboxylic acids is 2. The smallest absolute Gasteiger partial charge is 0.287 e. The number of amides is 2. The third kappa shape index (κ3) is 6.84. The van der Waals surface area contributed by atoms with Gasteiger partial charge in [-0.15, -0.1) is 0 Å². The molecular formula is C26H25ClN4O4. The van der Waals surface area contributed by atoms with Gasteiger partial charge in [0.25, 0.3) is 11.8 Å². The number of anilines is 1. The first-order valence-corrected chi connectivity index (χ1v) is 10.9. The number of hydrazone groups is 1. The van der Waals surface area contributed by atoms with Crippen LogP contribution in [0.4, 0.5) is 5.69 Å². The molecule has 3 aromatic carbocycles. The van der Waals surface area contributed by atoms with E-state index in [2.05, 4.69) is 15.8 Å². The van der Waals surface area contributed by atoms with Crippen LogP contribution in [0.3, 0.4) is 0 Å². The predicted molar refractivity (Wildman–Crippen MR) is 138 cm³/mol. The molecule has 8 nitrogen and oxygen atoms in total. The molecule has 35 heavy (non-hydrogen) atoms. The number of aromatic hydroxyl groups is 1. The van der Waals surface area contributed by atoms with E-state index in [-0.39, 0.29) is 27.8 Å². The molecule has 0 spiro atoms. The highest BCUT2D eigenvalue weighted by atomic mass is 35.5. The summed E-state index contributed by atoms with van der Waals surface area (Å²) in [7, 11) is 5.28. The molecule has 0 radical (unpaired) electrons. The van der Waals surface area contributed by atoms with Gasteiger partial charge in [-0.3, -0.25) is 9.59 Å². The van der Waals surface area contributed by atoms with E-state index in [0.717, 1.165) is 5.69 Å². The second kappa shape index (κ2) is 11.7. The quantitative estimate of drug-likeness (QED) is 0.250. The molecule has 0 saturated carbocycles. The number of hydrogen-bond donors (Lipinski definition) is 3. The number of phenols is 1. The van der Waals surface area contributed by atoms with Crippen LogP contribution in [0.25, 0.3) is 6.08 Å². The molecule has 3 aromatic rings. The maximum Gasteiger partial charge on any atom is 0.287 e. The number of phenolic OH excluding ortho intramolecular Hbond substituents is 1. The third-order valence-corrected chi connectivity index (χ3v) is 5.24. The number of hydrogen-bond acceptors (Lipinski definition) is 6. The fraction of sp³-hybridized carbons (Fsp3) is 0.115. The van der Waals surface area contributed by atoms with Gasteiger partial charge < -0.3 is 20.1 Å². The second-order valence-electron chi connectivity index (χ2n) is 7.61. The molecule has 0 heterocycles. The molecule has 0 saturated heterocycles. The largest absolute Gasteiger partial charge is 0.504 e. The van der Waals surface area contributed by atoms with Crippen LogP contribution in [0.2, 0.25) is 5.02 Å². The first-order chi connectivity index (χ1) is 16.8. The summed E-state index contributed by atoms with van der Waals surface area (Å²) >= 11 is 6.14. The molecular weight excluding hydrogens is 468 g/mol. The Morgan fingerprint density at radius 3 is 2.37 bits per heavy atom. The van der Waals surface area contributed by atoms with Gasteiger partial charge in [-0.25, -0.2) is 5.43 Å². The van der Waals surface area contributed by atoms with Crippen LogP contribution in [0.1, 0.15) is 21.5 Å². The molecule has 0 aliphatic rings. The van der Waals surface area contributed by atoms with Gasteiger partial charge >= 0.3 is 0 Å². The normalized spacial score (nSPS) is 11.3. The summed E-state index contributed by atoms with van der Waals surface area (Å²) in [5.74, 6) is -0.909. The molecule has 0 aliphatic carbocycles. The topological polar surface area (TPSA) is 103 Å². The lowest BCUT2D eigenvalue weighted by Crippen LogP contribution is -2.33. The van der Waals surface area contributed by atoms with Crippen molar-refractivity contribution in [1.82, 2.24) is 10.7 Å². The molecule has 0 aromatic heterocycles. The van der Waals surface area contributed by atoms with Gasteiger partial charge in [0.15, 0.2) is 11.5 Å². The van der Waals surface area contributed by atoms with E-state index in [1.54, 1.807) is 42.5 Å². The molecule has 3 N–H and O–H groups in total. The molecule has 0 unspecified atom stereocenters. The summed E-state index contributed by atoms with van der Waals surface area (Å²) in [6.07, 6.45) is 2.93. The maximum absolute atomic E-state index is 12.9. The van der Waals surface area contributed by atoms with Gasteiger partial charge in [0.1, 0.15) is 5.70 Å². The highest BCUT2D eigenvalue weighted by Gasteiger charge is 2.16. The summed E-state index contributed by atoms with van der Waals surface area (Å²) in [5.41, 5.74) is 4.90. The minimum Gasteiger partial charge on any atom is -0.504 e. The fourth-order valence-electron chi connectivity index (χ4n) is 3.03. The SMILES string of the molecule is COc1cc(/C=N/NC(=O)/C(=C\c2ccc(N(C)C)cc2)NC(=O)c2ccccc2Cl)ccc1O. The zero-order valence-electron chi connectivity index (χ0n) is 19.4. The monoisotopic (exact) mass is 492 g/mol. The van der Waals surface area contributed by atoms with Gasteiger partial charge in [0, 0.05) is 19.8 Å². The maximum atomic E-state index is 12.9. The Morgan fingerprint density at radius 1 is 1.03 bits per heavy atom. The summed E-state index contributed by atoms with van der Waals surface area (Å²) < 4.78 is 5.07. The lowest BCUT2D eigenvalue weighted by molar-refractivity contribution is -0.117. The lowest BCUT2D eigenvalue weighted by atomic mass is 10.1. The number of ether oxygens (including phenoxy) is 1. The van der Waals surface area contributed by atoms with Crippen LogP contribution < -0.4 is 20.4 Å². The van der Waals surface area contributed by atoms with Crippen molar-refractivity contribution in [2.75, 3.05) is 26.1 Å². The number of halogens is 1. The number of methoxy groups -OCH3 is 1. The molecule has 3 rings (SSSR count). The standard InChI is InChI=1S/C26H25ClN4O4/c1-31(2)19-11-8-17(9-12-19)14-22(29-25(33)20-6-4-5-7-21(20)27)26(34)30-28-16-18-10-13-23(32)24(15-18)35-3/h4-16,32H,1-3H3,(H,29,33)(H,30,34)/b22-14+,28-16+. The zero-order chi connectivity index (χ0) is 25.4. The minimum atomic E-state index is -0.635. The Hall–Kier alpha value is -4.30. The summed E-state index contributed by atoms with van der Waals surface area (Å²) in [5, 5.41) is 16.6. The Morgan fingerprint density at radius 2 is 1.71 bits per heavy atom. The summed E-state index contributed by atoms with van der Waals surface area (Å²) in [4.78, 5) is 27.7. The molecule has 9 heteroatoms. The Labute approximate surface area is 208 Å². The Balaban J connectivity index is 1.84. The van der Waals surface area contributed by atoms with Crippen LogP contribution in [-0.2, 0) is 4.79 Å². The molecule has 0 bridgehead atoms. The lowest BCUT2D eigenvalue weighted by Gasteiger charge is -2.13. The summed E-state index contributed by atoms with van der Waals surface area (Å²) in [6.45, 7) is 0. The Kier molecular flexibility index (Phi) is 8.48. The first-order valence-electron chi connectivity index (χ1n) is 10.5. The molecule has 180 valence electrons. The van der Waals surface area contributed by atoms with Crippen molar-refractivity contribution in [1.29, 1.82) is 0 Å². The van der Waals surface area contributed by atoms with Gasteiger partial charge in [0.05, 0.1) is 23.9 Å². The molecule has 0 aliphatic heterocycles. The second-order valence-corrected chi connectivity index (χ2v) is 8.02. The third-order valence-electron chi connectivity index (χ3n) is 4.92. The zero-order valence-corrected chi connectivity index (χ0v) is 20.2. The van der Waals surface area contributed by atoms with E-state index in [0.29, 0.717) is 11.1 Å². The number of nitrogens with one attached hydrogen (secondary N) is 2. The first kappa shape index (κ1) is 25.3. The van der Waals surface area contributed by atoms with Gasteiger partial charge in [0.2, 0.25) is 0 Å². The molecule has 0 atom stereocenters. The van der Waals surface area contributed by atoms with E-state index >= 15 is 0 Å². The van der Waals surface area contributed by atoms with Crippen LogP contribution in [0.15, 0.2) is 77.5 Å². The number of nitrogens with zero attached hydrogens (tertiary/aromatic N) is 2.